The van der Waals surface area contributed by atoms with Crippen LogP contribution in [0.3, 0.4) is 0 Å². The van der Waals surface area contributed by atoms with Crippen LogP contribution in [0.25, 0.3) is 0 Å². The number of hydrogen-bond donors (Lipinski definition) is 1. The lowest BCUT2D eigenvalue weighted by molar-refractivity contribution is 0.101. The molecule has 1 rings (SSSR count). The van der Waals surface area contributed by atoms with Gasteiger partial charge in [-0.25, -0.2) is 0 Å². The first-order chi connectivity index (χ1) is 7.02. The molecule has 15 heavy (non-hydrogen) atoms. The van der Waals surface area contributed by atoms with Crippen LogP contribution in [-0.2, 0) is 10.8 Å². The normalized spacial score (nSPS) is 11.3. The van der Waals surface area contributed by atoms with Crippen LogP contribution in [0.5, 0.6) is 0 Å². The number of benzene rings is 1. The van der Waals surface area contributed by atoms with E-state index in [1.807, 2.05) is 0 Å². The molecule has 3 nitrogen and oxygen atoms in total. The van der Waals surface area contributed by atoms with Crippen LogP contribution in [0.4, 0.5) is 0 Å². The molecule has 0 aliphatic rings. The van der Waals surface area contributed by atoms with Gasteiger partial charge in [0.05, 0.1) is 5.02 Å². The second-order valence-corrected chi connectivity index (χ2v) is 4.44. The maximum atomic E-state index is 11.1. The topological polar surface area (TPSA) is 60.2 Å². The first-order valence-electron chi connectivity index (χ1n) is 4.24. The van der Waals surface area contributed by atoms with Crippen molar-refractivity contribution < 1.29 is 9.00 Å². The molecular formula is C10H14ClNO2S. The van der Waals surface area contributed by atoms with Crippen molar-refractivity contribution in [1.29, 1.82) is 0 Å². The van der Waals surface area contributed by atoms with E-state index in [4.69, 9.17) is 11.6 Å². The Kier molecular flexibility index (Phi) is 6.40. The Morgan fingerprint density at radius 1 is 1.40 bits per heavy atom. The van der Waals surface area contributed by atoms with Gasteiger partial charge in [0.2, 0.25) is 0 Å². The Labute approximate surface area is 97.1 Å². The molecule has 2 N–H and O–H groups in total. The monoisotopic (exact) mass is 247 g/mol. The van der Waals surface area contributed by atoms with Gasteiger partial charge in [0, 0.05) is 27.5 Å². The maximum absolute atomic E-state index is 11.1. The van der Waals surface area contributed by atoms with Crippen molar-refractivity contribution in [2.45, 2.75) is 11.8 Å². The molecule has 0 radical (unpaired) electrons. The molecule has 0 bridgehead atoms. The van der Waals surface area contributed by atoms with Gasteiger partial charge >= 0.3 is 0 Å². The third-order valence-corrected chi connectivity index (χ3v) is 2.90. The van der Waals surface area contributed by atoms with Gasteiger partial charge in [-0.15, -0.1) is 0 Å². The quantitative estimate of drug-likeness (QED) is 0.812. The van der Waals surface area contributed by atoms with Gasteiger partial charge in [0.15, 0.2) is 5.78 Å². The predicted octanol–water partition coefficient (Wildman–Crippen LogP) is 1.85. The highest BCUT2D eigenvalue weighted by Crippen LogP contribution is 2.19. The molecule has 0 heterocycles. The fourth-order valence-corrected chi connectivity index (χ4v) is 1.75. The molecule has 0 aliphatic heterocycles. The molecule has 0 aliphatic carbocycles. The van der Waals surface area contributed by atoms with Crippen LogP contribution in [0, 0.1) is 0 Å². The minimum absolute atomic E-state index is 0.114. The molecule has 84 valence electrons. The first kappa shape index (κ1) is 14.3. The van der Waals surface area contributed by atoms with E-state index >= 15 is 0 Å². The lowest BCUT2D eigenvalue weighted by Gasteiger charge is -2.01. The van der Waals surface area contributed by atoms with E-state index in [0.717, 1.165) is 0 Å². The molecule has 0 saturated carbocycles. The smallest absolute Gasteiger partial charge is 0.161 e. The van der Waals surface area contributed by atoms with Crippen molar-refractivity contribution in [3.63, 3.8) is 0 Å². The third kappa shape index (κ3) is 4.11. The van der Waals surface area contributed by atoms with E-state index in [1.165, 1.54) is 14.0 Å². The zero-order valence-electron chi connectivity index (χ0n) is 8.91. The number of halogens is 1. The van der Waals surface area contributed by atoms with Crippen LogP contribution < -0.4 is 5.73 Å². The fraction of sp³-hybridized carbons (Fsp3) is 0.300. The van der Waals surface area contributed by atoms with E-state index in [1.54, 1.807) is 24.5 Å². The average Bonchev–Trinajstić information content (AvgIpc) is 2.20. The summed E-state index contributed by atoms with van der Waals surface area (Å²) in [5.41, 5.74) is 4.93. The summed E-state index contributed by atoms with van der Waals surface area (Å²) in [4.78, 5) is 11.7. The van der Waals surface area contributed by atoms with Crippen LogP contribution in [0.1, 0.15) is 17.3 Å². The van der Waals surface area contributed by atoms with Gasteiger partial charge in [-0.05, 0) is 32.2 Å². The summed E-state index contributed by atoms with van der Waals surface area (Å²) in [7, 11) is 0.425. The number of hydrogen-bond acceptors (Lipinski definition) is 3. The van der Waals surface area contributed by atoms with Crippen molar-refractivity contribution in [2.24, 2.45) is 5.73 Å². The Hall–Kier alpha value is -0.710. The summed E-state index contributed by atoms with van der Waals surface area (Å²) in [6.07, 6.45) is 1.56. The molecule has 0 spiro atoms. The summed E-state index contributed by atoms with van der Waals surface area (Å²) >= 11 is 5.78. The van der Waals surface area contributed by atoms with Crippen molar-refractivity contribution in [2.75, 3.05) is 13.3 Å². The zero-order valence-corrected chi connectivity index (χ0v) is 10.5. The second-order valence-electron chi connectivity index (χ2n) is 2.65. The SMILES string of the molecule is CC(=O)c1cc(S(C)=O)ccc1Cl.CN. The molecule has 1 aromatic rings. The molecule has 0 saturated heterocycles. The molecule has 1 aromatic carbocycles. The fourth-order valence-electron chi connectivity index (χ4n) is 0.953. The summed E-state index contributed by atoms with van der Waals surface area (Å²) in [5.74, 6) is -0.114. The number of rotatable bonds is 2. The van der Waals surface area contributed by atoms with Gasteiger partial charge in [-0.2, -0.15) is 0 Å². The highest BCUT2D eigenvalue weighted by Gasteiger charge is 2.07. The Morgan fingerprint density at radius 3 is 2.33 bits per heavy atom. The number of Topliss-reactive ketones (excluding diaryl/α,β-unsaturated/α-hetero) is 1. The largest absolute Gasteiger partial charge is 0.333 e. The second kappa shape index (κ2) is 6.71. The molecule has 1 atom stereocenters. The predicted molar refractivity (Wildman–Crippen MR) is 63.9 cm³/mol. The lowest BCUT2D eigenvalue weighted by Crippen LogP contribution is -1.96. The lowest BCUT2D eigenvalue weighted by atomic mass is 10.1. The third-order valence-electron chi connectivity index (χ3n) is 1.65. The van der Waals surface area contributed by atoms with Gasteiger partial charge in [-0.1, -0.05) is 11.6 Å². The molecule has 0 fully saturated rings. The van der Waals surface area contributed by atoms with Crippen LogP contribution in [0.15, 0.2) is 23.1 Å². The van der Waals surface area contributed by atoms with Crippen molar-refractivity contribution in [1.82, 2.24) is 0 Å². The standard InChI is InChI=1S/C9H9ClO2S.CH5N/c1-6(11)8-5-7(13(2)12)3-4-9(8)10;1-2/h3-5H,1-2H3;2H2,1H3. The summed E-state index contributed by atoms with van der Waals surface area (Å²) in [6.45, 7) is 1.43. The number of carbonyl (C=O) groups is 1. The van der Waals surface area contributed by atoms with E-state index in [9.17, 15) is 9.00 Å². The van der Waals surface area contributed by atoms with Gasteiger partial charge < -0.3 is 5.73 Å². The maximum Gasteiger partial charge on any atom is 0.161 e. The van der Waals surface area contributed by atoms with Gasteiger partial charge in [0.1, 0.15) is 0 Å². The minimum Gasteiger partial charge on any atom is -0.333 e. The molecular weight excluding hydrogens is 234 g/mol. The van der Waals surface area contributed by atoms with E-state index in [2.05, 4.69) is 5.73 Å². The van der Waals surface area contributed by atoms with Crippen molar-refractivity contribution in [3.05, 3.63) is 28.8 Å². The van der Waals surface area contributed by atoms with Gasteiger partial charge in [0.25, 0.3) is 0 Å². The van der Waals surface area contributed by atoms with Crippen LogP contribution >= 0.6 is 11.6 Å². The highest BCUT2D eigenvalue weighted by atomic mass is 35.5. The summed E-state index contributed by atoms with van der Waals surface area (Å²) in [6, 6.07) is 4.82. The Morgan fingerprint density at radius 2 is 1.93 bits per heavy atom. The van der Waals surface area contributed by atoms with E-state index < -0.39 is 10.8 Å². The molecule has 0 aromatic heterocycles. The zero-order chi connectivity index (χ0) is 12.0. The average molecular weight is 248 g/mol. The number of carbonyl (C=O) groups excluding carboxylic acids is 1. The van der Waals surface area contributed by atoms with Crippen molar-refractivity contribution in [3.8, 4) is 0 Å². The summed E-state index contributed by atoms with van der Waals surface area (Å²) < 4.78 is 11.1. The highest BCUT2D eigenvalue weighted by molar-refractivity contribution is 7.84. The molecule has 1 unspecified atom stereocenters. The number of nitrogens with two attached hydrogens (primary N) is 1. The Bertz CT molecular complexity index is 380. The minimum atomic E-state index is -1.07. The number of ketones is 1. The summed E-state index contributed by atoms with van der Waals surface area (Å²) in [5, 5.41) is 0.404. The van der Waals surface area contributed by atoms with Crippen LogP contribution in [-0.4, -0.2) is 23.3 Å². The van der Waals surface area contributed by atoms with Crippen molar-refractivity contribution >= 4 is 28.2 Å². The first-order valence-corrected chi connectivity index (χ1v) is 6.17. The molecule has 5 heteroatoms. The van der Waals surface area contributed by atoms with Crippen LogP contribution in [0.2, 0.25) is 5.02 Å². The Balaban J connectivity index is 0.000000921. The van der Waals surface area contributed by atoms with Gasteiger partial charge in [-0.3, -0.25) is 9.00 Å². The van der Waals surface area contributed by atoms with E-state index in [-0.39, 0.29) is 5.78 Å². The van der Waals surface area contributed by atoms with E-state index in [0.29, 0.717) is 15.5 Å². The molecule has 0 amide bonds.